The average molecular weight is 317 g/mol. The molecule has 0 amide bonds. The van der Waals surface area contributed by atoms with Crippen molar-refractivity contribution in [3.63, 3.8) is 0 Å². The molecule has 0 fully saturated rings. The normalized spacial score (nSPS) is 12.7. The second-order valence-electron chi connectivity index (χ2n) is 4.64. The van der Waals surface area contributed by atoms with Gasteiger partial charge in [0.2, 0.25) is 0 Å². The zero-order valence-corrected chi connectivity index (χ0v) is 12.3. The molecule has 0 aliphatic heterocycles. The maximum absolute atomic E-state index is 12.1. The Labute approximate surface area is 125 Å². The maximum atomic E-state index is 12.1. The predicted molar refractivity (Wildman–Crippen MR) is 74.7 cm³/mol. The van der Waals surface area contributed by atoms with Crippen LogP contribution >= 0.6 is 11.6 Å². The number of alkyl halides is 2. The van der Waals surface area contributed by atoms with E-state index in [4.69, 9.17) is 11.6 Å². The molecule has 114 valence electrons. The van der Waals surface area contributed by atoms with Crippen LogP contribution in [0, 0.1) is 6.92 Å². The number of aromatic nitrogens is 2. The predicted octanol–water partition coefficient (Wildman–Crippen LogP) is 3.26. The molecule has 1 unspecified atom stereocenters. The smallest absolute Gasteiger partial charge is 0.387 e. The first-order valence-corrected chi connectivity index (χ1v) is 6.67. The molecule has 0 radical (unpaired) electrons. The Morgan fingerprint density at radius 3 is 2.43 bits per heavy atom. The van der Waals surface area contributed by atoms with Crippen LogP contribution in [0.3, 0.4) is 0 Å². The van der Waals surface area contributed by atoms with Gasteiger partial charge >= 0.3 is 6.61 Å². The molecule has 0 saturated carbocycles. The van der Waals surface area contributed by atoms with Gasteiger partial charge in [0.05, 0.1) is 22.5 Å². The Kier molecular flexibility index (Phi) is 4.80. The molecule has 1 aromatic heterocycles. The summed E-state index contributed by atoms with van der Waals surface area (Å²) in [6.07, 6.45) is -0.525. The number of aliphatic hydroxyl groups is 1. The minimum Gasteiger partial charge on any atom is -0.435 e. The van der Waals surface area contributed by atoms with Crippen molar-refractivity contribution < 1.29 is 18.6 Å². The third-order valence-corrected chi connectivity index (χ3v) is 3.63. The molecule has 0 saturated heterocycles. The summed E-state index contributed by atoms with van der Waals surface area (Å²) in [6, 6.07) is 5.86. The molecule has 0 aliphatic carbocycles. The van der Waals surface area contributed by atoms with Crippen LogP contribution in [0.25, 0.3) is 0 Å². The number of aliphatic hydroxyl groups excluding tert-OH is 1. The Morgan fingerprint density at radius 2 is 1.95 bits per heavy atom. The van der Waals surface area contributed by atoms with Crippen LogP contribution in [-0.2, 0) is 13.5 Å². The molecule has 4 nitrogen and oxygen atoms in total. The zero-order valence-electron chi connectivity index (χ0n) is 11.6. The largest absolute Gasteiger partial charge is 0.435 e. The molecular weight excluding hydrogens is 302 g/mol. The van der Waals surface area contributed by atoms with Crippen LogP contribution in [0.1, 0.15) is 23.1 Å². The number of aryl methyl sites for hydroxylation is 2. The zero-order chi connectivity index (χ0) is 15.6. The van der Waals surface area contributed by atoms with Gasteiger partial charge in [-0.25, -0.2) is 0 Å². The second-order valence-corrected chi connectivity index (χ2v) is 5.02. The van der Waals surface area contributed by atoms with Crippen LogP contribution in [0.15, 0.2) is 24.3 Å². The third kappa shape index (κ3) is 3.71. The number of nitrogens with zero attached hydrogens (tertiary/aromatic N) is 2. The summed E-state index contributed by atoms with van der Waals surface area (Å²) >= 11 is 6.13. The summed E-state index contributed by atoms with van der Waals surface area (Å²) in [6.45, 7) is -1.08. The lowest BCUT2D eigenvalue weighted by molar-refractivity contribution is -0.0498. The van der Waals surface area contributed by atoms with Gasteiger partial charge < -0.3 is 9.84 Å². The molecule has 2 aromatic rings. The molecule has 7 heteroatoms. The second kappa shape index (κ2) is 6.41. The van der Waals surface area contributed by atoms with Gasteiger partial charge in [-0.05, 0) is 24.6 Å². The lowest BCUT2D eigenvalue weighted by Gasteiger charge is -2.12. The van der Waals surface area contributed by atoms with E-state index in [1.54, 1.807) is 30.8 Å². The van der Waals surface area contributed by atoms with Crippen molar-refractivity contribution in [2.24, 2.45) is 7.05 Å². The number of hydrogen-bond acceptors (Lipinski definition) is 3. The standard InChI is InChI=1S/C14H15ClF2N2O2/c1-8-13(15)11(19(2)18-8)7-12(20)9-3-5-10(6-4-9)21-14(16)17/h3-6,12,14,20H,7H2,1-2H3. The highest BCUT2D eigenvalue weighted by Crippen LogP contribution is 2.26. The Morgan fingerprint density at radius 1 is 1.33 bits per heavy atom. The number of halogens is 3. The van der Waals surface area contributed by atoms with Crippen LogP contribution in [0.4, 0.5) is 8.78 Å². The lowest BCUT2D eigenvalue weighted by Crippen LogP contribution is -2.07. The minimum absolute atomic E-state index is 0.0513. The van der Waals surface area contributed by atoms with Gasteiger partial charge in [-0.2, -0.15) is 13.9 Å². The van der Waals surface area contributed by atoms with E-state index in [1.165, 1.54) is 12.1 Å². The Bertz CT molecular complexity index is 614. The first-order chi connectivity index (χ1) is 9.88. The summed E-state index contributed by atoms with van der Waals surface area (Å²) in [7, 11) is 1.75. The van der Waals surface area contributed by atoms with Crippen molar-refractivity contribution in [1.29, 1.82) is 0 Å². The SMILES string of the molecule is Cc1nn(C)c(CC(O)c2ccc(OC(F)F)cc2)c1Cl. The van der Waals surface area contributed by atoms with Gasteiger partial charge in [-0.3, -0.25) is 4.68 Å². The first kappa shape index (κ1) is 15.7. The van der Waals surface area contributed by atoms with Crippen molar-refractivity contribution in [3.05, 3.63) is 46.2 Å². The van der Waals surface area contributed by atoms with Crippen molar-refractivity contribution in [2.45, 2.75) is 26.1 Å². The Hall–Kier alpha value is -1.66. The fraction of sp³-hybridized carbons (Fsp3) is 0.357. The molecule has 21 heavy (non-hydrogen) atoms. The van der Waals surface area contributed by atoms with Crippen molar-refractivity contribution in [1.82, 2.24) is 9.78 Å². The molecule has 2 rings (SSSR count). The lowest BCUT2D eigenvalue weighted by atomic mass is 10.0. The summed E-state index contributed by atoms with van der Waals surface area (Å²) in [5.41, 5.74) is 2.00. The van der Waals surface area contributed by atoms with Gasteiger partial charge in [-0.1, -0.05) is 23.7 Å². The van der Waals surface area contributed by atoms with Crippen LogP contribution < -0.4 is 4.74 Å². The summed E-state index contributed by atoms with van der Waals surface area (Å²) in [4.78, 5) is 0. The molecular formula is C14H15ClF2N2O2. The van der Waals surface area contributed by atoms with E-state index < -0.39 is 12.7 Å². The average Bonchev–Trinajstić information content (AvgIpc) is 2.65. The number of benzene rings is 1. The molecule has 1 atom stereocenters. The van der Waals surface area contributed by atoms with Gasteiger partial charge in [-0.15, -0.1) is 0 Å². The van der Waals surface area contributed by atoms with Gasteiger partial charge in [0.25, 0.3) is 0 Å². The highest BCUT2D eigenvalue weighted by Gasteiger charge is 2.17. The van der Waals surface area contributed by atoms with E-state index in [0.717, 1.165) is 5.69 Å². The van der Waals surface area contributed by atoms with Crippen molar-refractivity contribution in [2.75, 3.05) is 0 Å². The topological polar surface area (TPSA) is 47.3 Å². The van der Waals surface area contributed by atoms with E-state index >= 15 is 0 Å². The first-order valence-electron chi connectivity index (χ1n) is 6.29. The van der Waals surface area contributed by atoms with Crippen LogP contribution in [0.5, 0.6) is 5.75 Å². The molecule has 0 aliphatic rings. The van der Waals surface area contributed by atoms with E-state index in [0.29, 0.717) is 16.3 Å². The van der Waals surface area contributed by atoms with Gasteiger partial charge in [0.15, 0.2) is 0 Å². The molecule has 1 aromatic carbocycles. The third-order valence-electron chi connectivity index (χ3n) is 3.14. The summed E-state index contributed by atoms with van der Waals surface area (Å²) in [5.74, 6) is 0.0513. The summed E-state index contributed by atoms with van der Waals surface area (Å²) in [5, 5.41) is 14.9. The highest BCUT2D eigenvalue weighted by molar-refractivity contribution is 6.31. The Balaban J connectivity index is 2.11. The monoisotopic (exact) mass is 316 g/mol. The van der Waals surface area contributed by atoms with Gasteiger partial charge in [0, 0.05) is 13.5 Å². The quantitative estimate of drug-likeness (QED) is 0.921. The minimum atomic E-state index is -2.86. The number of hydrogen-bond donors (Lipinski definition) is 1. The number of ether oxygens (including phenoxy) is 1. The highest BCUT2D eigenvalue weighted by atomic mass is 35.5. The number of rotatable bonds is 5. The molecule has 0 spiro atoms. The van der Waals surface area contributed by atoms with Crippen molar-refractivity contribution in [3.8, 4) is 5.75 Å². The van der Waals surface area contributed by atoms with Crippen LogP contribution in [0.2, 0.25) is 5.02 Å². The fourth-order valence-corrected chi connectivity index (χ4v) is 2.31. The maximum Gasteiger partial charge on any atom is 0.387 e. The molecule has 1 heterocycles. The van der Waals surface area contributed by atoms with E-state index in [9.17, 15) is 13.9 Å². The van der Waals surface area contributed by atoms with E-state index in [2.05, 4.69) is 9.84 Å². The van der Waals surface area contributed by atoms with Crippen molar-refractivity contribution >= 4 is 11.6 Å². The van der Waals surface area contributed by atoms with Gasteiger partial charge in [0.1, 0.15) is 5.75 Å². The molecule has 1 N–H and O–H groups in total. The summed E-state index contributed by atoms with van der Waals surface area (Å²) < 4.78 is 30.0. The van der Waals surface area contributed by atoms with E-state index in [-0.39, 0.29) is 12.2 Å². The molecule has 0 bridgehead atoms. The van der Waals surface area contributed by atoms with Crippen LogP contribution in [-0.4, -0.2) is 21.5 Å². The van der Waals surface area contributed by atoms with E-state index in [1.807, 2.05) is 0 Å². The fourth-order valence-electron chi connectivity index (χ4n) is 2.07.